The Morgan fingerprint density at radius 3 is 2.76 bits per heavy atom. The number of carbonyl (C=O) groups is 1. The van der Waals surface area contributed by atoms with E-state index >= 15 is 0 Å². The molecule has 0 spiro atoms. The minimum absolute atomic E-state index is 0.228. The van der Waals surface area contributed by atoms with E-state index in [0.717, 1.165) is 25.2 Å². The van der Waals surface area contributed by atoms with Gasteiger partial charge in [0.1, 0.15) is 5.82 Å². The number of nitrogens with zero attached hydrogens (tertiary/aromatic N) is 3. The van der Waals surface area contributed by atoms with Gasteiger partial charge in [-0.3, -0.25) is 4.79 Å². The highest BCUT2D eigenvalue weighted by Gasteiger charge is 2.32. The summed E-state index contributed by atoms with van der Waals surface area (Å²) in [7, 11) is 0. The molecule has 21 heavy (non-hydrogen) atoms. The van der Waals surface area contributed by atoms with Crippen LogP contribution in [0, 0.1) is 0 Å². The van der Waals surface area contributed by atoms with Gasteiger partial charge in [-0.2, -0.15) is 0 Å². The number of hydrogen-bond acceptors (Lipinski definition) is 2. The molecule has 110 valence electrons. The van der Waals surface area contributed by atoms with Crippen molar-refractivity contribution in [2.75, 3.05) is 0 Å². The third-order valence-electron chi connectivity index (χ3n) is 3.92. The molecular formula is C17H21N3O. The molecule has 4 nitrogen and oxygen atoms in total. The lowest BCUT2D eigenvalue weighted by Crippen LogP contribution is -2.33. The molecule has 0 bridgehead atoms. The second-order valence-electron chi connectivity index (χ2n) is 5.56. The molecule has 1 aliphatic rings. The van der Waals surface area contributed by atoms with Gasteiger partial charge in [0, 0.05) is 31.4 Å². The van der Waals surface area contributed by atoms with Gasteiger partial charge in [-0.15, -0.1) is 0 Å². The standard InChI is InChI=1S/C17H21N3O/c1-2-17(21)20(15-8-9-15)13-16-18-10-11-19(16)12-14-6-4-3-5-7-14/h3-7,10-11,15H,2,8-9,12-13H2,1H3. The lowest BCUT2D eigenvalue weighted by molar-refractivity contribution is -0.132. The fourth-order valence-corrected chi connectivity index (χ4v) is 2.58. The van der Waals surface area contributed by atoms with Crippen LogP contribution in [-0.2, 0) is 17.9 Å². The van der Waals surface area contributed by atoms with Gasteiger partial charge in [0.15, 0.2) is 0 Å². The van der Waals surface area contributed by atoms with Gasteiger partial charge >= 0.3 is 0 Å². The maximum Gasteiger partial charge on any atom is 0.222 e. The molecule has 0 N–H and O–H groups in total. The van der Waals surface area contributed by atoms with E-state index in [0.29, 0.717) is 19.0 Å². The molecule has 0 saturated heterocycles. The fraction of sp³-hybridized carbons (Fsp3) is 0.412. The van der Waals surface area contributed by atoms with Crippen LogP contribution in [-0.4, -0.2) is 26.4 Å². The Morgan fingerprint density at radius 1 is 1.33 bits per heavy atom. The maximum absolute atomic E-state index is 12.1. The molecule has 1 saturated carbocycles. The van der Waals surface area contributed by atoms with Crippen LogP contribution >= 0.6 is 0 Å². The first-order valence-electron chi connectivity index (χ1n) is 7.61. The summed E-state index contributed by atoms with van der Waals surface area (Å²) in [6, 6.07) is 10.8. The number of hydrogen-bond donors (Lipinski definition) is 0. The van der Waals surface area contributed by atoms with Gasteiger partial charge in [-0.1, -0.05) is 37.3 Å². The first-order valence-corrected chi connectivity index (χ1v) is 7.61. The molecule has 1 aromatic heterocycles. The summed E-state index contributed by atoms with van der Waals surface area (Å²) in [6.07, 6.45) is 6.63. The molecule has 1 aromatic carbocycles. The minimum Gasteiger partial charge on any atom is -0.332 e. The first-order chi connectivity index (χ1) is 10.3. The van der Waals surface area contributed by atoms with Gasteiger partial charge in [-0.05, 0) is 18.4 Å². The van der Waals surface area contributed by atoms with Crippen LogP contribution in [0.1, 0.15) is 37.6 Å². The zero-order valence-electron chi connectivity index (χ0n) is 12.4. The molecule has 2 aromatic rings. The Bertz CT molecular complexity index is 602. The summed E-state index contributed by atoms with van der Waals surface area (Å²) in [5, 5.41) is 0. The highest BCUT2D eigenvalue weighted by Crippen LogP contribution is 2.28. The SMILES string of the molecule is CCC(=O)N(Cc1nccn1Cc1ccccc1)C1CC1. The molecule has 3 rings (SSSR count). The quantitative estimate of drug-likeness (QED) is 0.817. The van der Waals surface area contributed by atoms with Crippen molar-refractivity contribution in [3.05, 3.63) is 54.1 Å². The highest BCUT2D eigenvalue weighted by atomic mass is 16.2. The molecule has 4 heteroatoms. The summed E-state index contributed by atoms with van der Waals surface area (Å²) in [5.74, 6) is 1.19. The Hall–Kier alpha value is -2.10. The third-order valence-corrected chi connectivity index (χ3v) is 3.92. The van der Waals surface area contributed by atoms with Crippen molar-refractivity contribution >= 4 is 5.91 Å². The van der Waals surface area contributed by atoms with Crippen molar-refractivity contribution in [1.82, 2.24) is 14.5 Å². The Labute approximate surface area is 125 Å². The zero-order valence-corrected chi connectivity index (χ0v) is 12.4. The summed E-state index contributed by atoms with van der Waals surface area (Å²) in [6.45, 7) is 3.35. The van der Waals surface area contributed by atoms with E-state index in [4.69, 9.17) is 0 Å². The van der Waals surface area contributed by atoms with Crippen LogP contribution < -0.4 is 0 Å². The number of benzene rings is 1. The van der Waals surface area contributed by atoms with Gasteiger partial charge in [-0.25, -0.2) is 4.98 Å². The Balaban J connectivity index is 1.74. The van der Waals surface area contributed by atoms with Gasteiger partial charge in [0.05, 0.1) is 6.54 Å². The van der Waals surface area contributed by atoms with E-state index in [-0.39, 0.29) is 5.91 Å². The van der Waals surface area contributed by atoms with Crippen molar-refractivity contribution in [3.8, 4) is 0 Å². The molecule has 1 amide bonds. The molecular weight excluding hydrogens is 262 g/mol. The fourth-order valence-electron chi connectivity index (χ4n) is 2.58. The summed E-state index contributed by atoms with van der Waals surface area (Å²) >= 11 is 0. The largest absolute Gasteiger partial charge is 0.332 e. The molecule has 0 unspecified atom stereocenters. The van der Waals surface area contributed by atoms with E-state index in [1.807, 2.05) is 42.4 Å². The van der Waals surface area contributed by atoms with Crippen LogP contribution in [0.25, 0.3) is 0 Å². The maximum atomic E-state index is 12.1. The van der Waals surface area contributed by atoms with Crippen molar-refractivity contribution in [2.45, 2.75) is 45.3 Å². The van der Waals surface area contributed by atoms with Crippen molar-refractivity contribution in [1.29, 1.82) is 0 Å². The number of aromatic nitrogens is 2. The van der Waals surface area contributed by atoms with E-state index in [9.17, 15) is 4.79 Å². The first kappa shape index (κ1) is 13.9. The van der Waals surface area contributed by atoms with Crippen LogP contribution in [0.15, 0.2) is 42.7 Å². The van der Waals surface area contributed by atoms with Crippen LogP contribution in [0.5, 0.6) is 0 Å². The second-order valence-corrected chi connectivity index (χ2v) is 5.56. The lowest BCUT2D eigenvalue weighted by Gasteiger charge is -2.22. The molecule has 0 atom stereocenters. The molecule has 1 heterocycles. The second kappa shape index (κ2) is 6.12. The van der Waals surface area contributed by atoms with E-state index < -0.39 is 0 Å². The number of rotatable bonds is 6. The van der Waals surface area contributed by atoms with Crippen LogP contribution in [0.3, 0.4) is 0 Å². The van der Waals surface area contributed by atoms with Gasteiger partial charge < -0.3 is 9.47 Å². The van der Waals surface area contributed by atoms with E-state index in [1.54, 1.807) is 0 Å². The van der Waals surface area contributed by atoms with E-state index in [1.165, 1.54) is 5.56 Å². The van der Waals surface area contributed by atoms with Crippen molar-refractivity contribution in [3.63, 3.8) is 0 Å². The Morgan fingerprint density at radius 2 is 2.10 bits per heavy atom. The number of imidazole rings is 1. The summed E-state index contributed by atoms with van der Waals surface area (Å²) in [5.41, 5.74) is 1.25. The summed E-state index contributed by atoms with van der Waals surface area (Å²) < 4.78 is 2.13. The highest BCUT2D eigenvalue weighted by molar-refractivity contribution is 5.76. The minimum atomic E-state index is 0.228. The summed E-state index contributed by atoms with van der Waals surface area (Å²) in [4.78, 5) is 18.5. The number of amides is 1. The smallest absolute Gasteiger partial charge is 0.222 e. The average molecular weight is 283 g/mol. The zero-order chi connectivity index (χ0) is 14.7. The molecule has 1 fully saturated rings. The Kier molecular flexibility index (Phi) is 4.04. The van der Waals surface area contributed by atoms with Gasteiger partial charge in [0.2, 0.25) is 5.91 Å². The van der Waals surface area contributed by atoms with Crippen molar-refractivity contribution in [2.24, 2.45) is 0 Å². The van der Waals surface area contributed by atoms with Crippen molar-refractivity contribution < 1.29 is 4.79 Å². The predicted octanol–water partition coefficient (Wildman–Crippen LogP) is 2.83. The van der Waals surface area contributed by atoms with Gasteiger partial charge in [0.25, 0.3) is 0 Å². The monoisotopic (exact) mass is 283 g/mol. The molecule has 0 aliphatic heterocycles. The normalized spacial score (nSPS) is 14.1. The van der Waals surface area contributed by atoms with Crippen LogP contribution in [0.4, 0.5) is 0 Å². The average Bonchev–Trinajstić information content (AvgIpc) is 3.27. The lowest BCUT2D eigenvalue weighted by atomic mass is 10.2. The predicted molar refractivity (Wildman–Crippen MR) is 81.6 cm³/mol. The van der Waals surface area contributed by atoms with Crippen LogP contribution in [0.2, 0.25) is 0 Å². The number of carbonyl (C=O) groups excluding carboxylic acids is 1. The molecule has 0 radical (unpaired) electrons. The third kappa shape index (κ3) is 3.32. The topological polar surface area (TPSA) is 38.1 Å². The van der Waals surface area contributed by atoms with E-state index in [2.05, 4.69) is 21.7 Å². The molecule has 1 aliphatic carbocycles.